The monoisotopic (exact) mass is 406 g/mol. The lowest BCUT2D eigenvalue weighted by molar-refractivity contribution is -0.143. The number of nitrogens with two attached hydrogens (primary N) is 2. The number of nitrogen functional groups attached to an aromatic ring is 2. The second kappa shape index (κ2) is 7.14. The zero-order valence-electron chi connectivity index (χ0n) is 15.5. The molecule has 10 heteroatoms. The summed E-state index contributed by atoms with van der Waals surface area (Å²) in [6.45, 7) is 4.81. The van der Waals surface area contributed by atoms with E-state index in [1.807, 2.05) is 0 Å². The van der Waals surface area contributed by atoms with Crippen LogP contribution in [0.25, 0.3) is 0 Å². The molecule has 0 aliphatic heterocycles. The molecule has 0 amide bonds. The number of benzene rings is 1. The Bertz CT molecular complexity index is 816. The van der Waals surface area contributed by atoms with E-state index in [9.17, 15) is 26.3 Å². The molecule has 0 saturated carbocycles. The van der Waals surface area contributed by atoms with Gasteiger partial charge in [-0.1, -0.05) is 13.8 Å². The van der Waals surface area contributed by atoms with Gasteiger partial charge in [-0.2, -0.15) is 31.3 Å². The molecule has 154 valence electrons. The molecule has 4 N–H and O–H groups in total. The first-order chi connectivity index (χ1) is 12.6. The maximum Gasteiger partial charge on any atom is 0.416 e. The molecule has 0 bridgehead atoms. The van der Waals surface area contributed by atoms with Crippen LogP contribution in [-0.2, 0) is 24.2 Å². The highest BCUT2D eigenvalue weighted by Gasteiger charge is 2.38. The summed E-state index contributed by atoms with van der Waals surface area (Å²) in [7, 11) is 0. The minimum Gasteiger partial charge on any atom is -0.383 e. The van der Waals surface area contributed by atoms with Crippen molar-refractivity contribution in [3.8, 4) is 0 Å². The fourth-order valence-corrected chi connectivity index (χ4v) is 2.88. The molecule has 2 rings (SSSR count). The Hall–Kier alpha value is -2.52. The molecule has 0 spiro atoms. The highest BCUT2D eigenvalue weighted by atomic mass is 19.4. The van der Waals surface area contributed by atoms with Crippen molar-refractivity contribution in [3.63, 3.8) is 0 Å². The second-order valence-electron chi connectivity index (χ2n) is 7.21. The molecule has 1 aromatic carbocycles. The lowest BCUT2D eigenvalue weighted by atomic mass is 9.78. The topological polar surface area (TPSA) is 77.8 Å². The molecule has 1 aromatic heterocycles. The Kier molecular flexibility index (Phi) is 5.55. The van der Waals surface area contributed by atoms with Gasteiger partial charge in [0.1, 0.15) is 5.82 Å². The largest absolute Gasteiger partial charge is 0.416 e. The Morgan fingerprint density at radius 2 is 1.29 bits per heavy atom. The second-order valence-corrected chi connectivity index (χ2v) is 7.21. The maximum absolute atomic E-state index is 13.1. The van der Waals surface area contributed by atoms with Crippen molar-refractivity contribution in [1.82, 2.24) is 9.97 Å². The summed E-state index contributed by atoms with van der Waals surface area (Å²) < 4.78 is 78.6. The Labute approximate surface area is 158 Å². The molecule has 0 aliphatic rings. The van der Waals surface area contributed by atoms with Gasteiger partial charge in [-0.25, -0.2) is 4.98 Å². The number of alkyl halides is 6. The van der Waals surface area contributed by atoms with E-state index in [-0.39, 0.29) is 36.2 Å². The Morgan fingerprint density at radius 1 is 0.821 bits per heavy atom. The van der Waals surface area contributed by atoms with Gasteiger partial charge >= 0.3 is 12.4 Å². The molecule has 28 heavy (non-hydrogen) atoms. The molecule has 0 aliphatic carbocycles. The van der Waals surface area contributed by atoms with E-state index in [1.165, 1.54) is 0 Å². The van der Waals surface area contributed by atoms with Crippen molar-refractivity contribution in [3.05, 3.63) is 46.1 Å². The van der Waals surface area contributed by atoms with E-state index >= 15 is 0 Å². The van der Waals surface area contributed by atoms with Crippen molar-refractivity contribution < 1.29 is 26.3 Å². The number of aromatic nitrogens is 2. The number of rotatable bonds is 4. The fourth-order valence-electron chi connectivity index (χ4n) is 2.88. The number of aryl methyl sites for hydroxylation is 1. The normalized spacial score (nSPS) is 13.0. The average Bonchev–Trinajstić information content (AvgIpc) is 2.51. The van der Waals surface area contributed by atoms with Crippen LogP contribution in [0.3, 0.4) is 0 Å². The number of hydrogen-bond acceptors (Lipinski definition) is 4. The van der Waals surface area contributed by atoms with E-state index in [0.717, 1.165) is 12.1 Å². The highest BCUT2D eigenvalue weighted by molar-refractivity contribution is 5.46. The molecule has 4 nitrogen and oxygen atoms in total. The SMILES string of the molecule is Cc1nc(N)nc(N)c1CCC(C)(C)c1cc(C(F)(F)F)cc(C(F)(F)F)c1. The molecule has 1 heterocycles. The first-order valence-corrected chi connectivity index (χ1v) is 8.29. The van der Waals surface area contributed by atoms with Gasteiger partial charge in [-0.05, 0) is 48.9 Å². The summed E-state index contributed by atoms with van der Waals surface area (Å²) in [5.41, 5.74) is 8.66. The molecular weight excluding hydrogens is 386 g/mol. The number of halogens is 6. The predicted molar refractivity (Wildman–Crippen MR) is 93.4 cm³/mol. The molecule has 0 atom stereocenters. The summed E-state index contributed by atoms with van der Waals surface area (Å²) >= 11 is 0. The van der Waals surface area contributed by atoms with Crippen molar-refractivity contribution in [2.24, 2.45) is 0 Å². The van der Waals surface area contributed by atoms with E-state index in [2.05, 4.69) is 9.97 Å². The zero-order chi connectivity index (χ0) is 21.5. The van der Waals surface area contributed by atoms with Gasteiger partial charge < -0.3 is 11.5 Å². The van der Waals surface area contributed by atoms with Crippen LogP contribution in [-0.4, -0.2) is 9.97 Å². The molecule has 0 radical (unpaired) electrons. The summed E-state index contributed by atoms with van der Waals surface area (Å²) in [5.74, 6) is 0.131. The zero-order valence-corrected chi connectivity index (χ0v) is 15.5. The van der Waals surface area contributed by atoms with Crippen LogP contribution in [0.5, 0.6) is 0 Å². The molecular formula is C18H20F6N4. The quantitative estimate of drug-likeness (QED) is 0.709. The van der Waals surface area contributed by atoms with Crippen molar-refractivity contribution in [1.29, 1.82) is 0 Å². The average molecular weight is 406 g/mol. The Morgan fingerprint density at radius 3 is 1.71 bits per heavy atom. The van der Waals surface area contributed by atoms with Gasteiger partial charge in [0, 0.05) is 11.3 Å². The van der Waals surface area contributed by atoms with Gasteiger partial charge in [-0.3, -0.25) is 0 Å². The fraction of sp³-hybridized carbons (Fsp3) is 0.444. The summed E-state index contributed by atoms with van der Waals surface area (Å²) in [4.78, 5) is 7.84. The highest BCUT2D eigenvalue weighted by Crippen LogP contribution is 2.40. The maximum atomic E-state index is 13.1. The van der Waals surface area contributed by atoms with Crippen molar-refractivity contribution >= 4 is 11.8 Å². The van der Waals surface area contributed by atoms with Crippen LogP contribution < -0.4 is 11.5 Å². The number of hydrogen-bond donors (Lipinski definition) is 2. The van der Waals surface area contributed by atoms with Crippen LogP contribution in [0, 0.1) is 6.92 Å². The molecule has 0 saturated heterocycles. The van der Waals surface area contributed by atoms with Crippen molar-refractivity contribution in [2.45, 2.75) is 51.4 Å². The van der Waals surface area contributed by atoms with Gasteiger partial charge in [0.25, 0.3) is 0 Å². The smallest absolute Gasteiger partial charge is 0.383 e. The summed E-state index contributed by atoms with van der Waals surface area (Å²) in [6, 6.07) is 1.63. The summed E-state index contributed by atoms with van der Waals surface area (Å²) in [5, 5.41) is 0. The van der Waals surface area contributed by atoms with E-state index < -0.39 is 28.9 Å². The first-order valence-electron chi connectivity index (χ1n) is 8.29. The molecule has 2 aromatic rings. The van der Waals surface area contributed by atoms with Crippen LogP contribution in [0.4, 0.5) is 38.1 Å². The van der Waals surface area contributed by atoms with Gasteiger partial charge in [0.2, 0.25) is 5.95 Å². The minimum absolute atomic E-state index is 0.00860. The number of nitrogens with zero attached hydrogens (tertiary/aromatic N) is 2. The van der Waals surface area contributed by atoms with E-state index in [0.29, 0.717) is 11.3 Å². The van der Waals surface area contributed by atoms with Crippen LogP contribution in [0.2, 0.25) is 0 Å². The third kappa shape index (κ3) is 4.85. The lowest BCUT2D eigenvalue weighted by Gasteiger charge is -2.28. The van der Waals surface area contributed by atoms with E-state index in [1.54, 1.807) is 20.8 Å². The standard InChI is InChI=1S/C18H20F6N4/c1-9-13(14(25)28-15(26)27-9)4-5-16(2,3)10-6-11(17(19,20)21)8-12(7-10)18(22,23)24/h6-8H,4-5H2,1-3H3,(H4,25,26,27,28). The first kappa shape index (κ1) is 21.8. The van der Waals surface area contributed by atoms with Gasteiger partial charge in [0.15, 0.2) is 0 Å². The van der Waals surface area contributed by atoms with Crippen molar-refractivity contribution in [2.75, 3.05) is 11.5 Å². The Balaban J connectivity index is 2.42. The third-order valence-corrected chi connectivity index (χ3v) is 4.63. The van der Waals surface area contributed by atoms with Crippen LogP contribution in [0.15, 0.2) is 18.2 Å². The predicted octanol–water partition coefficient (Wildman–Crippen LogP) is 4.90. The van der Waals surface area contributed by atoms with E-state index in [4.69, 9.17) is 11.5 Å². The molecule has 0 unspecified atom stereocenters. The van der Waals surface area contributed by atoms with Crippen LogP contribution >= 0.6 is 0 Å². The molecule has 0 fully saturated rings. The van der Waals surface area contributed by atoms with Crippen LogP contribution in [0.1, 0.15) is 48.2 Å². The third-order valence-electron chi connectivity index (χ3n) is 4.63. The minimum atomic E-state index is -4.89. The van der Waals surface area contributed by atoms with Gasteiger partial charge in [0.05, 0.1) is 11.1 Å². The number of anilines is 2. The van der Waals surface area contributed by atoms with Gasteiger partial charge in [-0.15, -0.1) is 0 Å². The lowest BCUT2D eigenvalue weighted by Crippen LogP contribution is -2.22. The summed E-state index contributed by atoms with van der Waals surface area (Å²) in [6.07, 6.45) is -9.29.